The number of hydrazone groups is 1. The standard InChI is InChI=1S/C27H31N3O4S/c1-19(2)34-24-11-9-23(10-12-24)17-28-29-27(31)18-30(26-15-8-21(4)16-22(26)5)35(32,33)25-13-6-20(3)7-14-25/h6-17,19H,18H2,1-5H3,(H,29,31)/b28-17-. The monoisotopic (exact) mass is 493 g/mol. The van der Waals surface area contributed by atoms with E-state index in [9.17, 15) is 13.2 Å². The van der Waals surface area contributed by atoms with E-state index in [1.807, 2.05) is 71.0 Å². The molecule has 0 atom stereocenters. The zero-order chi connectivity index (χ0) is 25.6. The molecule has 0 saturated heterocycles. The summed E-state index contributed by atoms with van der Waals surface area (Å²) in [5.74, 6) is 0.184. The molecule has 3 rings (SSSR count). The Bertz CT molecular complexity index is 1300. The molecule has 35 heavy (non-hydrogen) atoms. The number of carbonyl (C=O) groups excluding carboxylic acids is 1. The van der Waals surface area contributed by atoms with Crippen LogP contribution in [0.1, 0.15) is 36.1 Å². The molecule has 0 radical (unpaired) electrons. The lowest BCUT2D eigenvalue weighted by molar-refractivity contribution is -0.119. The van der Waals surface area contributed by atoms with Crippen molar-refractivity contribution < 1.29 is 17.9 Å². The average molecular weight is 494 g/mol. The van der Waals surface area contributed by atoms with Crippen molar-refractivity contribution >= 4 is 27.8 Å². The van der Waals surface area contributed by atoms with Gasteiger partial charge in [-0.2, -0.15) is 5.10 Å². The molecule has 184 valence electrons. The number of hydrogen-bond donors (Lipinski definition) is 1. The van der Waals surface area contributed by atoms with Gasteiger partial charge in [0.2, 0.25) is 0 Å². The molecule has 1 amide bonds. The van der Waals surface area contributed by atoms with E-state index in [-0.39, 0.29) is 11.0 Å². The number of rotatable bonds is 9. The molecule has 0 bridgehead atoms. The first kappa shape index (κ1) is 26.0. The van der Waals surface area contributed by atoms with Crippen molar-refractivity contribution in [2.24, 2.45) is 5.10 Å². The second-order valence-corrected chi connectivity index (χ2v) is 10.5. The van der Waals surface area contributed by atoms with Crippen LogP contribution in [0.15, 0.2) is 76.7 Å². The van der Waals surface area contributed by atoms with Crippen LogP contribution in [0.2, 0.25) is 0 Å². The zero-order valence-corrected chi connectivity index (χ0v) is 21.5. The lowest BCUT2D eigenvalue weighted by atomic mass is 10.1. The number of carbonyl (C=O) groups is 1. The normalized spacial score (nSPS) is 11.6. The zero-order valence-electron chi connectivity index (χ0n) is 20.6. The first-order valence-electron chi connectivity index (χ1n) is 11.3. The average Bonchev–Trinajstić information content (AvgIpc) is 2.79. The van der Waals surface area contributed by atoms with E-state index < -0.39 is 22.5 Å². The van der Waals surface area contributed by atoms with E-state index in [1.54, 1.807) is 30.3 Å². The molecule has 8 heteroatoms. The number of anilines is 1. The number of aryl methyl sites for hydroxylation is 3. The maximum Gasteiger partial charge on any atom is 0.264 e. The summed E-state index contributed by atoms with van der Waals surface area (Å²) >= 11 is 0. The number of hydrogen-bond acceptors (Lipinski definition) is 5. The van der Waals surface area contributed by atoms with Gasteiger partial charge in [0, 0.05) is 0 Å². The lowest BCUT2D eigenvalue weighted by Crippen LogP contribution is -2.40. The third kappa shape index (κ3) is 6.93. The van der Waals surface area contributed by atoms with Gasteiger partial charge in [-0.15, -0.1) is 0 Å². The molecule has 3 aromatic rings. The minimum atomic E-state index is -3.99. The number of nitrogens with zero attached hydrogens (tertiary/aromatic N) is 2. The molecule has 0 spiro atoms. The largest absolute Gasteiger partial charge is 0.491 e. The minimum Gasteiger partial charge on any atom is -0.491 e. The first-order valence-corrected chi connectivity index (χ1v) is 12.8. The van der Waals surface area contributed by atoms with Gasteiger partial charge in [0.25, 0.3) is 15.9 Å². The molecular weight excluding hydrogens is 462 g/mol. The predicted octanol–water partition coefficient (Wildman–Crippen LogP) is 4.74. The van der Waals surface area contributed by atoms with Crippen LogP contribution in [0, 0.1) is 20.8 Å². The molecule has 0 aliphatic heterocycles. The van der Waals surface area contributed by atoms with Gasteiger partial charge in [-0.25, -0.2) is 13.8 Å². The number of benzene rings is 3. The molecule has 0 aromatic heterocycles. The summed E-state index contributed by atoms with van der Waals surface area (Å²) in [5.41, 5.74) is 6.33. The Hall–Kier alpha value is -3.65. The number of nitrogens with one attached hydrogen (secondary N) is 1. The van der Waals surface area contributed by atoms with Crippen LogP contribution in [0.3, 0.4) is 0 Å². The number of sulfonamides is 1. The van der Waals surface area contributed by atoms with Gasteiger partial charge in [0.15, 0.2) is 0 Å². The third-order valence-electron chi connectivity index (χ3n) is 5.17. The molecule has 7 nitrogen and oxygen atoms in total. The highest BCUT2D eigenvalue weighted by Gasteiger charge is 2.28. The number of ether oxygens (including phenoxy) is 1. The van der Waals surface area contributed by atoms with Gasteiger partial charge < -0.3 is 4.74 Å². The van der Waals surface area contributed by atoms with E-state index in [1.165, 1.54) is 6.21 Å². The summed E-state index contributed by atoms with van der Waals surface area (Å²) < 4.78 is 33.8. The Balaban J connectivity index is 1.80. The maximum absolute atomic E-state index is 13.5. The topological polar surface area (TPSA) is 88.1 Å². The SMILES string of the molecule is Cc1ccc(S(=O)(=O)N(CC(=O)N/N=C\c2ccc(OC(C)C)cc2)c2ccc(C)cc2C)cc1. The highest BCUT2D eigenvalue weighted by atomic mass is 32.2. The molecule has 1 N–H and O–H groups in total. The quantitative estimate of drug-likeness (QED) is 0.344. The summed E-state index contributed by atoms with van der Waals surface area (Å²) in [6.45, 7) is 9.12. The summed E-state index contributed by atoms with van der Waals surface area (Å²) in [6, 6.07) is 19.2. The van der Waals surface area contributed by atoms with Crippen molar-refractivity contribution in [3.05, 3.63) is 89.0 Å². The van der Waals surface area contributed by atoms with E-state index in [0.717, 1.165) is 32.3 Å². The molecule has 0 aliphatic carbocycles. The Morgan fingerprint density at radius 3 is 2.20 bits per heavy atom. The van der Waals surface area contributed by atoms with E-state index >= 15 is 0 Å². The second-order valence-electron chi connectivity index (χ2n) is 8.64. The summed E-state index contributed by atoms with van der Waals surface area (Å²) in [7, 11) is -3.99. The van der Waals surface area contributed by atoms with Crippen molar-refractivity contribution in [3.63, 3.8) is 0 Å². The smallest absolute Gasteiger partial charge is 0.264 e. The summed E-state index contributed by atoms with van der Waals surface area (Å²) in [6.07, 6.45) is 1.57. The molecular formula is C27H31N3O4S. The highest BCUT2D eigenvalue weighted by molar-refractivity contribution is 7.92. The van der Waals surface area contributed by atoms with Crippen LogP contribution in [0.4, 0.5) is 5.69 Å². The Labute approximate surface area is 207 Å². The molecule has 0 saturated carbocycles. The molecule has 0 unspecified atom stereocenters. The van der Waals surface area contributed by atoms with E-state index in [0.29, 0.717) is 5.69 Å². The van der Waals surface area contributed by atoms with E-state index in [2.05, 4.69) is 10.5 Å². The fourth-order valence-corrected chi connectivity index (χ4v) is 4.96. The van der Waals surface area contributed by atoms with Gasteiger partial charge in [-0.3, -0.25) is 9.10 Å². The Morgan fingerprint density at radius 2 is 1.60 bits per heavy atom. The molecule has 3 aromatic carbocycles. The molecule has 0 aliphatic rings. The van der Waals surface area contributed by atoms with E-state index in [4.69, 9.17) is 4.74 Å². The second kappa shape index (κ2) is 11.2. The van der Waals surface area contributed by atoms with Crippen LogP contribution < -0.4 is 14.5 Å². The minimum absolute atomic E-state index is 0.0742. The fraction of sp³-hybridized carbons (Fsp3) is 0.259. The lowest BCUT2D eigenvalue weighted by Gasteiger charge is -2.25. The molecule has 0 fully saturated rings. The van der Waals surface area contributed by atoms with Crippen molar-refractivity contribution in [1.29, 1.82) is 0 Å². The van der Waals surface area contributed by atoms with Crippen LogP contribution in [-0.4, -0.2) is 33.2 Å². The van der Waals surface area contributed by atoms with Crippen LogP contribution in [0.25, 0.3) is 0 Å². The van der Waals surface area contributed by atoms with Crippen molar-refractivity contribution in [3.8, 4) is 5.75 Å². The number of amides is 1. The fourth-order valence-electron chi connectivity index (χ4n) is 3.47. The Kier molecular flexibility index (Phi) is 8.30. The van der Waals surface area contributed by atoms with Crippen molar-refractivity contribution in [2.45, 2.75) is 45.6 Å². The summed E-state index contributed by atoms with van der Waals surface area (Å²) in [5, 5.41) is 3.99. The maximum atomic E-state index is 13.5. The van der Waals surface area contributed by atoms with Gasteiger partial charge in [0.05, 0.1) is 22.9 Å². The predicted molar refractivity (Wildman–Crippen MR) is 140 cm³/mol. The van der Waals surface area contributed by atoms with Gasteiger partial charge in [-0.1, -0.05) is 35.4 Å². The van der Waals surface area contributed by atoms with Crippen molar-refractivity contribution in [2.75, 3.05) is 10.8 Å². The van der Waals surface area contributed by atoms with Crippen molar-refractivity contribution in [1.82, 2.24) is 5.43 Å². The van der Waals surface area contributed by atoms with Gasteiger partial charge in [0.1, 0.15) is 12.3 Å². The Morgan fingerprint density at radius 1 is 0.971 bits per heavy atom. The van der Waals surface area contributed by atoms with Crippen LogP contribution in [0.5, 0.6) is 5.75 Å². The van der Waals surface area contributed by atoms with Crippen LogP contribution in [-0.2, 0) is 14.8 Å². The molecule has 0 heterocycles. The van der Waals surface area contributed by atoms with Gasteiger partial charge in [-0.05, 0) is 88.2 Å². The highest BCUT2D eigenvalue weighted by Crippen LogP contribution is 2.27. The third-order valence-corrected chi connectivity index (χ3v) is 6.95. The van der Waals surface area contributed by atoms with Crippen LogP contribution >= 0.6 is 0 Å². The summed E-state index contributed by atoms with van der Waals surface area (Å²) in [4.78, 5) is 12.9. The first-order chi connectivity index (χ1) is 16.6. The van der Waals surface area contributed by atoms with Gasteiger partial charge >= 0.3 is 0 Å².